The van der Waals surface area contributed by atoms with Gasteiger partial charge in [0.25, 0.3) is 23.6 Å². The lowest BCUT2D eigenvalue weighted by molar-refractivity contribution is -0.519. The summed E-state index contributed by atoms with van der Waals surface area (Å²) < 4.78 is 0. The molecule has 0 fully saturated rings. The summed E-state index contributed by atoms with van der Waals surface area (Å²) in [5.41, 5.74) is 0.509. The van der Waals surface area contributed by atoms with Gasteiger partial charge in [-0.15, -0.1) is 0 Å². The summed E-state index contributed by atoms with van der Waals surface area (Å²) in [6.07, 6.45) is 1.38. The van der Waals surface area contributed by atoms with Crippen molar-refractivity contribution < 1.29 is 38.8 Å². The SMILES string of the molecule is CC1=C(C)C(=O)N(CCCCC(C(=O)OOOC(C)(C)CC(C)(C)C)N2C(=O)C(C)=C(C)C2=O)C1=O. The van der Waals surface area contributed by atoms with Crippen LogP contribution in [0.15, 0.2) is 22.3 Å². The van der Waals surface area contributed by atoms with E-state index < -0.39 is 29.4 Å². The standard InChI is InChI=1S/C26H38N2O8/c1-15-16(2)21(30)27(20(15)29)13-11-10-12-19(28-22(31)17(3)18(4)23(28)32)24(33)34-36-35-26(8,9)14-25(5,6)7/h19H,10-14H2,1-9H3. The number of carbonyl (C=O) groups excluding carboxylic acids is 5. The number of unbranched alkanes of at least 4 members (excludes halogenated alkanes) is 1. The topological polar surface area (TPSA) is 120 Å². The molecule has 0 spiro atoms. The molecule has 0 aromatic carbocycles. The number of hydrogen-bond donors (Lipinski definition) is 0. The van der Waals surface area contributed by atoms with E-state index in [9.17, 15) is 24.0 Å². The number of imide groups is 2. The molecule has 36 heavy (non-hydrogen) atoms. The van der Waals surface area contributed by atoms with E-state index in [4.69, 9.17) is 14.8 Å². The monoisotopic (exact) mass is 506 g/mol. The summed E-state index contributed by atoms with van der Waals surface area (Å²) in [6.45, 7) is 16.1. The van der Waals surface area contributed by atoms with Crippen molar-refractivity contribution in [3.05, 3.63) is 22.3 Å². The van der Waals surface area contributed by atoms with Gasteiger partial charge in [0.15, 0.2) is 0 Å². The first-order valence-corrected chi connectivity index (χ1v) is 12.1. The molecule has 10 nitrogen and oxygen atoms in total. The highest BCUT2D eigenvalue weighted by atomic mass is 17.5. The Bertz CT molecular complexity index is 967. The van der Waals surface area contributed by atoms with Crippen LogP contribution in [0.3, 0.4) is 0 Å². The highest BCUT2D eigenvalue weighted by molar-refractivity contribution is 6.20. The first kappa shape index (κ1) is 29.4. The lowest BCUT2D eigenvalue weighted by atomic mass is 9.84. The Kier molecular flexibility index (Phi) is 9.01. The zero-order chi connectivity index (χ0) is 27.6. The first-order chi connectivity index (χ1) is 16.5. The largest absolute Gasteiger partial charge is 0.368 e. The highest BCUT2D eigenvalue weighted by Gasteiger charge is 2.43. The van der Waals surface area contributed by atoms with E-state index in [0.29, 0.717) is 30.4 Å². The van der Waals surface area contributed by atoms with Crippen LogP contribution < -0.4 is 0 Å². The molecule has 0 bridgehead atoms. The summed E-state index contributed by atoms with van der Waals surface area (Å²) in [4.78, 5) is 75.1. The van der Waals surface area contributed by atoms with Gasteiger partial charge in [0.1, 0.15) is 11.6 Å². The maximum Gasteiger partial charge on any atom is 0.368 e. The number of hydrogen-bond acceptors (Lipinski definition) is 8. The highest BCUT2D eigenvalue weighted by Crippen LogP contribution is 2.30. The Morgan fingerprint density at radius 1 is 0.778 bits per heavy atom. The average molecular weight is 507 g/mol. The second-order valence-electron chi connectivity index (χ2n) is 11.3. The Morgan fingerprint density at radius 2 is 1.25 bits per heavy atom. The van der Waals surface area contributed by atoms with Crippen LogP contribution in [0.4, 0.5) is 0 Å². The molecule has 2 heterocycles. The third-order valence-corrected chi connectivity index (χ3v) is 6.36. The zero-order valence-corrected chi connectivity index (χ0v) is 22.8. The fourth-order valence-electron chi connectivity index (χ4n) is 4.54. The molecule has 0 saturated heterocycles. The van der Waals surface area contributed by atoms with Gasteiger partial charge in [0.05, 0.1) is 0 Å². The fraction of sp³-hybridized carbons (Fsp3) is 0.654. The van der Waals surface area contributed by atoms with Crippen molar-refractivity contribution in [3.63, 3.8) is 0 Å². The normalized spacial score (nSPS) is 18.2. The van der Waals surface area contributed by atoms with Crippen molar-refractivity contribution >= 4 is 29.6 Å². The van der Waals surface area contributed by atoms with E-state index in [0.717, 1.165) is 9.80 Å². The second kappa shape index (κ2) is 11.0. The van der Waals surface area contributed by atoms with Crippen LogP contribution in [-0.2, 0) is 38.8 Å². The van der Waals surface area contributed by atoms with Crippen molar-refractivity contribution in [1.82, 2.24) is 9.80 Å². The van der Waals surface area contributed by atoms with E-state index in [1.54, 1.807) is 27.7 Å². The van der Waals surface area contributed by atoms with Gasteiger partial charge in [-0.25, -0.2) is 4.79 Å². The van der Waals surface area contributed by atoms with Crippen molar-refractivity contribution in [2.75, 3.05) is 6.54 Å². The van der Waals surface area contributed by atoms with Gasteiger partial charge < -0.3 is 0 Å². The van der Waals surface area contributed by atoms with Crippen molar-refractivity contribution in [2.45, 2.75) is 99.6 Å². The second-order valence-corrected chi connectivity index (χ2v) is 11.3. The van der Waals surface area contributed by atoms with Gasteiger partial charge >= 0.3 is 5.97 Å². The maximum absolute atomic E-state index is 12.9. The van der Waals surface area contributed by atoms with Crippen LogP contribution in [0.1, 0.15) is 88.0 Å². The van der Waals surface area contributed by atoms with Crippen LogP contribution in [0.25, 0.3) is 0 Å². The fourth-order valence-corrected chi connectivity index (χ4v) is 4.54. The number of nitrogens with zero attached hydrogens (tertiary/aromatic N) is 2. The molecule has 0 radical (unpaired) electrons. The molecular weight excluding hydrogens is 468 g/mol. The van der Waals surface area contributed by atoms with Crippen LogP contribution in [0, 0.1) is 5.41 Å². The van der Waals surface area contributed by atoms with Gasteiger partial charge in [0, 0.05) is 28.8 Å². The Hall–Kier alpha value is -2.85. The third kappa shape index (κ3) is 6.67. The van der Waals surface area contributed by atoms with E-state index in [2.05, 4.69) is 0 Å². The van der Waals surface area contributed by atoms with Gasteiger partial charge in [0.2, 0.25) is 0 Å². The summed E-state index contributed by atoms with van der Waals surface area (Å²) in [7, 11) is 0. The van der Waals surface area contributed by atoms with Gasteiger partial charge in [-0.05, 0) is 77.7 Å². The van der Waals surface area contributed by atoms with Gasteiger partial charge in [-0.1, -0.05) is 20.8 Å². The quantitative estimate of drug-likeness (QED) is 0.181. The van der Waals surface area contributed by atoms with Crippen LogP contribution in [0.5, 0.6) is 0 Å². The predicted molar refractivity (Wildman–Crippen MR) is 129 cm³/mol. The molecular formula is C26H38N2O8. The molecule has 1 unspecified atom stereocenters. The molecule has 0 aromatic heterocycles. The molecule has 0 aromatic rings. The summed E-state index contributed by atoms with van der Waals surface area (Å²) >= 11 is 0. The van der Waals surface area contributed by atoms with E-state index in [-0.39, 0.29) is 41.3 Å². The lowest BCUT2D eigenvalue weighted by Crippen LogP contribution is -2.47. The number of carbonyl (C=O) groups is 5. The van der Waals surface area contributed by atoms with E-state index in [1.165, 1.54) is 13.8 Å². The Labute approximate surface area is 212 Å². The third-order valence-electron chi connectivity index (χ3n) is 6.36. The molecule has 2 rings (SSSR count). The van der Waals surface area contributed by atoms with Gasteiger partial charge in [-0.3, -0.25) is 33.9 Å². The predicted octanol–water partition coefficient (Wildman–Crippen LogP) is 3.56. The summed E-state index contributed by atoms with van der Waals surface area (Å²) in [5.74, 6) is -2.77. The number of rotatable bonds is 11. The van der Waals surface area contributed by atoms with E-state index in [1.807, 2.05) is 20.8 Å². The first-order valence-electron chi connectivity index (χ1n) is 12.1. The van der Waals surface area contributed by atoms with Crippen molar-refractivity contribution in [1.29, 1.82) is 0 Å². The molecule has 10 heteroatoms. The zero-order valence-electron chi connectivity index (χ0n) is 22.8. The van der Waals surface area contributed by atoms with Gasteiger partial charge in [-0.2, -0.15) is 4.89 Å². The molecule has 0 saturated carbocycles. The minimum atomic E-state index is -1.25. The number of amides is 4. The molecule has 2 aliphatic rings. The van der Waals surface area contributed by atoms with Crippen LogP contribution in [0.2, 0.25) is 0 Å². The van der Waals surface area contributed by atoms with Crippen molar-refractivity contribution in [3.8, 4) is 0 Å². The lowest BCUT2D eigenvalue weighted by Gasteiger charge is -2.30. The Balaban J connectivity index is 2.04. The van der Waals surface area contributed by atoms with Crippen molar-refractivity contribution in [2.24, 2.45) is 5.41 Å². The molecule has 0 aliphatic carbocycles. The minimum absolute atomic E-state index is 0.0627. The molecule has 1 atom stereocenters. The maximum atomic E-state index is 12.9. The molecule has 4 amide bonds. The smallest absolute Gasteiger partial charge is 0.275 e. The molecule has 200 valence electrons. The molecule has 0 N–H and O–H groups in total. The Morgan fingerprint density at radius 3 is 1.72 bits per heavy atom. The summed E-state index contributed by atoms with van der Waals surface area (Å²) in [5, 5.41) is 4.79. The average Bonchev–Trinajstić information content (AvgIpc) is 3.06. The minimum Gasteiger partial charge on any atom is -0.275 e. The van der Waals surface area contributed by atoms with E-state index >= 15 is 0 Å². The molecule has 2 aliphatic heterocycles. The van der Waals surface area contributed by atoms with Crippen LogP contribution >= 0.6 is 0 Å². The van der Waals surface area contributed by atoms with Crippen LogP contribution in [-0.4, -0.2) is 57.6 Å². The summed E-state index contributed by atoms with van der Waals surface area (Å²) in [6, 6.07) is -1.25.